The summed E-state index contributed by atoms with van der Waals surface area (Å²) in [6.45, 7) is 6.47. The van der Waals surface area contributed by atoms with Crippen molar-refractivity contribution in [3.8, 4) is 5.75 Å². The number of benzene rings is 1. The van der Waals surface area contributed by atoms with E-state index in [1.165, 1.54) is 5.56 Å². The summed E-state index contributed by atoms with van der Waals surface area (Å²) >= 11 is 0. The molecule has 3 rings (SSSR count). The van der Waals surface area contributed by atoms with Crippen molar-refractivity contribution in [2.45, 2.75) is 32.8 Å². The van der Waals surface area contributed by atoms with E-state index in [1.807, 2.05) is 59.3 Å². The van der Waals surface area contributed by atoms with Crippen LogP contribution in [0, 0.1) is 0 Å². The van der Waals surface area contributed by atoms with E-state index in [2.05, 4.69) is 25.8 Å². The minimum Gasteiger partial charge on any atom is -0.482 e. The largest absolute Gasteiger partial charge is 0.482 e. The molecule has 0 radical (unpaired) electrons. The Balaban J connectivity index is 1.49. The molecule has 0 amide bonds. The van der Waals surface area contributed by atoms with E-state index in [0.29, 0.717) is 11.4 Å². The van der Waals surface area contributed by atoms with E-state index < -0.39 is 5.97 Å². The van der Waals surface area contributed by atoms with Crippen LogP contribution in [0.1, 0.15) is 32.0 Å². The molecule has 0 aliphatic rings. The highest BCUT2D eigenvalue weighted by Gasteiger charge is 2.13. The van der Waals surface area contributed by atoms with E-state index in [0.717, 1.165) is 5.65 Å². The lowest BCUT2D eigenvalue weighted by molar-refractivity contribution is -0.147. The van der Waals surface area contributed by atoms with Gasteiger partial charge in [0.05, 0.1) is 5.69 Å². The van der Waals surface area contributed by atoms with Gasteiger partial charge in [-0.05, 0) is 35.2 Å². The molecule has 0 bridgehead atoms. The van der Waals surface area contributed by atoms with E-state index in [9.17, 15) is 4.79 Å². The monoisotopic (exact) mass is 338 g/mol. The highest BCUT2D eigenvalue weighted by Crippen LogP contribution is 2.24. The summed E-state index contributed by atoms with van der Waals surface area (Å²) in [6.07, 6.45) is 3.74. The van der Waals surface area contributed by atoms with E-state index >= 15 is 0 Å². The van der Waals surface area contributed by atoms with Crippen LogP contribution in [0.5, 0.6) is 5.75 Å². The molecule has 5 nitrogen and oxygen atoms in total. The van der Waals surface area contributed by atoms with Gasteiger partial charge in [-0.1, -0.05) is 39.0 Å². The SMILES string of the molecule is CC(C)(C)c1ccc(OCC(=O)OCc2cn3ccccc3n2)cc1. The zero-order valence-electron chi connectivity index (χ0n) is 14.7. The smallest absolute Gasteiger partial charge is 0.344 e. The zero-order valence-corrected chi connectivity index (χ0v) is 14.7. The molecule has 5 heteroatoms. The lowest BCUT2D eigenvalue weighted by atomic mass is 9.87. The number of ether oxygens (including phenoxy) is 2. The summed E-state index contributed by atoms with van der Waals surface area (Å²) in [7, 11) is 0. The fraction of sp³-hybridized carbons (Fsp3) is 0.300. The maximum absolute atomic E-state index is 11.8. The lowest BCUT2D eigenvalue weighted by Gasteiger charge is -2.19. The van der Waals surface area contributed by atoms with Crippen LogP contribution in [0.15, 0.2) is 54.9 Å². The molecule has 0 saturated carbocycles. The van der Waals surface area contributed by atoms with Crippen LogP contribution in [0.2, 0.25) is 0 Å². The second-order valence-electron chi connectivity index (χ2n) is 6.92. The molecular weight excluding hydrogens is 316 g/mol. The van der Waals surface area contributed by atoms with Crippen LogP contribution in [-0.4, -0.2) is 22.0 Å². The van der Waals surface area contributed by atoms with E-state index in [-0.39, 0.29) is 18.6 Å². The first-order valence-corrected chi connectivity index (χ1v) is 8.23. The van der Waals surface area contributed by atoms with Crippen LogP contribution in [-0.2, 0) is 21.6 Å². The summed E-state index contributed by atoms with van der Waals surface area (Å²) in [5.41, 5.74) is 2.83. The Morgan fingerprint density at radius 1 is 1.12 bits per heavy atom. The van der Waals surface area contributed by atoms with E-state index in [1.54, 1.807) is 0 Å². The first kappa shape index (κ1) is 17.0. The van der Waals surface area contributed by atoms with Crippen molar-refractivity contribution in [3.05, 3.63) is 66.1 Å². The molecule has 0 saturated heterocycles. The molecule has 1 aromatic carbocycles. The van der Waals surface area contributed by atoms with Gasteiger partial charge in [0.1, 0.15) is 18.0 Å². The Labute approximate surface area is 147 Å². The van der Waals surface area contributed by atoms with Gasteiger partial charge in [0.2, 0.25) is 0 Å². The number of nitrogens with zero attached hydrogens (tertiary/aromatic N) is 2. The molecular formula is C20H22N2O3. The maximum atomic E-state index is 11.8. The molecule has 130 valence electrons. The molecule has 0 fully saturated rings. The molecule has 2 aromatic heterocycles. The Hall–Kier alpha value is -2.82. The molecule has 25 heavy (non-hydrogen) atoms. The van der Waals surface area contributed by atoms with Gasteiger partial charge in [0, 0.05) is 12.4 Å². The van der Waals surface area contributed by atoms with Crippen molar-refractivity contribution < 1.29 is 14.3 Å². The molecule has 0 aliphatic heterocycles. The van der Waals surface area contributed by atoms with Crippen LogP contribution in [0.25, 0.3) is 5.65 Å². The molecule has 0 N–H and O–H groups in total. The minimum atomic E-state index is -0.419. The number of carbonyl (C=O) groups excluding carboxylic acids is 1. The summed E-state index contributed by atoms with van der Waals surface area (Å²) < 4.78 is 12.6. The first-order chi connectivity index (χ1) is 11.9. The van der Waals surface area contributed by atoms with Gasteiger partial charge in [0.25, 0.3) is 0 Å². The number of rotatable bonds is 5. The average molecular weight is 338 g/mol. The summed E-state index contributed by atoms with van der Waals surface area (Å²) in [5, 5.41) is 0. The molecule has 3 aromatic rings. The van der Waals surface area contributed by atoms with Crippen LogP contribution >= 0.6 is 0 Å². The molecule has 0 unspecified atom stereocenters. The van der Waals surface area contributed by atoms with Crippen molar-refractivity contribution in [1.82, 2.24) is 9.38 Å². The van der Waals surface area contributed by atoms with Crippen molar-refractivity contribution >= 4 is 11.6 Å². The van der Waals surface area contributed by atoms with Crippen molar-refractivity contribution in [2.75, 3.05) is 6.61 Å². The number of aromatic nitrogens is 2. The summed E-state index contributed by atoms with van der Waals surface area (Å²) in [4.78, 5) is 16.2. The van der Waals surface area contributed by atoms with Gasteiger partial charge in [-0.3, -0.25) is 0 Å². The Morgan fingerprint density at radius 2 is 1.88 bits per heavy atom. The van der Waals surface area contributed by atoms with Crippen molar-refractivity contribution in [1.29, 1.82) is 0 Å². The third-order valence-corrected chi connectivity index (χ3v) is 3.87. The minimum absolute atomic E-state index is 0.0888. The number of hydrogen-bond acceptors (Lipinski definition) is 4. The third-order valence-electron chi connectivity index (χ3n) is 3.87. The zero-order chi connectivity index (χ0) is 17.9. The Bertz CT molecular complexity index is 828. The second-order valence-corrected chi connectivity index (χ2v) is 6.92. The highest BCUT2D eigenvalue weighted by molar-refractivity contribution is 5.71. The standard InChI is InChI=1S/C20H22N2O3/c1-20(2,3)15-7-9-17(10-8-15)24-14-19(23)25-13-16-12-22-11-5-4-6-18(22)21-16/h4-12H,13-14H2,1-3H3. The van der Waals surface area contributed by atoms with Crippen LogP contribution < -0.4 is 4.74 Å². The average Bonchev–Trinajstić information content (AvgIpc) is 3.00. The number of esters is 1. The van der Waals surface area contributed by atoms with Gasteiger partial charge in [-0.2, -0.15) is 0 Å². The van der Waals surface area contributed by atoms with Gasteiger partial charge in [-0.25, -0.2) is 9.78 Å². The van der Waals surface area contributed by atoms with Crippen LogP contribution in [0.3, 0.4) is 0 Å². The fourth-order valence-electron chi connectivity index (χ4n) is 2.45. The van der Waals surface area contributed by atoms with Gasteiger partial charge >= 0.3 is 5.97 Å². The Morgan fingerprint density at radius 3 is 2.56 bits per heavy atom. The second kappa shape index (κ2) is 6.97. The third kappa shape index (κ3) is 4.38. The first-order valence-electron chi connectivity index (χ1n) is 8.23. The number of pyridine rings is 1. The molecule has 2 heterocycles. The topological polar surface area (TPSA) is 52.8 Å². The van der Waals surface area contributed by atoms with Gasteiger partial charge in [-0.15, -0.1) is 0 Å². The summed E-state index contributed by atoms with van der Waals surface area (Å²) in [5.74, 6) is 0.231. The van der Waals surface area contributed by atoms with Crippen molar-refractivity contribution in [2.24, 2.45) is 0 Å². The maximum Gasteiger partial charge on any atom is 0.344 e. The summed E-state index contributed by atoms with van der Waals surface area (Å²) in [6, 6.07) is 13.5. The lowest BCUT2D eigenvalue weighted by Crippen LogP contribution is -2.15. The number of carbonyl (C=O) groups is 1. The number of fused-ring (bicyclic) bond motifs is 1. The molecule has 0 aliphatic carbocycles. The Kier molecular flexibility index (Phi) is 4.74. The molecule has 0 atom stereocenters. The normalized spacial score (nSPS) is 11.5. The predicted octanol–water partition coefficient (Wildman–Crippen LogP) is 3.75. The predicted molar refractivity (Wildman–Crippen MR) is 95.6 cm³/mol. The van der Waals surface area contributed by atoms with Crippen LogP contribution in [0.4, 0.5) is 0 Å². The van der Waals surface area contributed by atoms with E-state index in [4.69, 9.17) is 9.47 Å². The number of imidazole rings is 1. The van der Waals surface area contributed by atoms with Gasteiger partial charge in [0.15, 0.2) is 6.61 Å². The van der Waals surface area contributed by atoms with Crippen molar-refractivity contribution in [3.63, 3.8) is 0 Å². The van der Waals surface area contributed by atoms with Gasteiger partial charge < -0.3 is 13.9 Å². The quantitative estimate of drug-likeness (QED) is 0.665. The highest BCUT2D eigenvalue weighted by atomic mass is 16.6. The fourth-order valence-corrected chi connectivity index (χ4v) is 2.45. The molecule has 0 spiro atoms. The number of hydrogen-bond donors (Lipinski definition) is 0.